The summed E-state index contributed by atoms with van der Waals surface area (Å²) in [5.74, 6) is 0.642. The van der Waals surface area contributed by atoms with Crippen LogP contribution in [-0.2, 0) is 11.3 Å². The van der Waals surface area contributed by atoms with E-state index in [-0.39, 0.29) is 6.03 Å². The van der Waals surface area contributed by atoms with Gasteiger partial charge in [0.15, 0.2) is 0 Å². The highest BCUT2D eigenvalue weighted by molar-refractivity contribution is 5.90. The number of amides is 2. The lowest BCUT2D eigenvalue weighted by Gasteiger charge is -2.30. The van der Waals surface area contributed by atoms with Gasteiger partial charge in [-0.05, 0) is 68.2 Å². The van der Waals surface area contributed by atoms with Crippen molar-refractivity contribution in [2.24, 2.45) is 0 Å². The Bertz CT molecular complexity index is 1190. The van der Waals surface area contributed by atoms with Crippen molar-refractivity contribution in [2.75, 3.05) is 68.0 Å². The fourth-order valence-electron chi connectivity index (χ4n) is 5.15. The number of aromatic nitrogens is 2. The van der Waals surface area contributed by atoms with E-state index in [1.165, 1.54) is 32.4 Å². The number of ether oxygens (including phenoxy) is 1. The van der Waals surface area contributed by atoms with E-state index in [4.69, 9.17) is 4.74 Å². The summed E-state index contributed by atoms with van der Waals surface area (Å²) in [4.78, 5) is 26.5. The molecule has 2 aromatic carbocycles. The first-order valence-corrected chi connectivity index (χ1v) is 14.1. The molecule has 3 aromatic rings. The number of carbonyl (C=O) groups is 1. The highest BCUT2D eigenvalue weighted by atomic mass is 16.5. The van der Waals surface area contributed by atoms with Crippen molar-refractivity contribution in [2.45, 2.75) is 32.2 Å². The Labute approximate surface area is 231 Å². The van der Waals surface area contributed by atoms with Crippen molar-refractivity contribution in [1.82, 2.24) is 20.2 Å². The lowest BCUT2D eigenvalue weighted by atomic mass is 10.1. The van der Waals surface area contributed by atoms with Crippen LogP contribution in [0.1, 0.15) is 31.2 Å². The minimum absolute atomic E-state index is 0.246. The van der Waals surface area contributed by atoms with E-state index in [0.717, 1.165) is 68.2 Å². The molecule has 5 rings (SSSR count). The molecule has 0 saturated carbocycles. The summed E-state index contributed by atoms with van der Waals surface area (Å²) in [7, 11) is 0. The number of carbonyl (C=O) groups excluding carboxylic acids is 1. The zero-order valence-electron chi connectivity index (χ0n) is 22.6. The molecule has 0 radical (unpaired) electrons. The largest absolute Gasteiger partial charge is 0.378 e. The number of rotatable bonds is 10. The predicted octanol–water partition coefficient (Wildman–Crippen LogP) is 4.59. The average Bonchev–Trinajstić information content (AvgIpc) is 3.00. The molecule has 0 spiro atoms. The van der Waals surface area contributed by atoms with Gasteiger partial charge in [0.25, 0.3) is 0 Å². The standard InChI is InChI=1S/C30H39N7O2/c38-30(34-21-25-8-2-3-11-28(25)37-16-18-39-19-17-37)35-27-10-6-9-24(20-27)26-22-32-29(33-23-26)31-12-7-15-36-13-4-1-5-14-36/h2-3,6,8-11,20,22-23H,1,4-5,7,12-19,21H2,(H,31,32,33)(H2,34,35,38). The second-order valence-corrected chi connectivity index (χ2v) is 10.1. The van der Waals surface area contributed by atoms with E-state index >= 15 is 0 Å². The molecule has 9 heteroatoms. The summed E-state index contributed by atoms with van der Waals surface area (Å²) in [6.45, 7) is 8.04. The number of likely N-dealkylation sites (tertiary alicyclic amines) is 1. The minimum atomic E-state index is -0.246. The van der Waals surface area contributed by atoms with Gasteiger partial charge >= 0.3 is 6.03 Å². The van der Waals surface area contributed by atoms with Crippen LogP contribution >= 0.6 is 0 Å². The maximum absolute atomic E-state index is 12.7. The van der Waals surface area contributed by atoms with Crippen molar-refractivity contribution in [3.8, 4) is 11.1 Å². The molecule has 2 saturated heterocycles. The highest BCUT2D eigenvalue weighted by Gasteiger charge is 2.15. The number of hydrogen-bond acceptors (Lipinski definition) is 7. The molecular formula is C30H39N7O2. The molecule has 0 atom stereocenters. The SMILES string of the molecule is O=C(NCc1ccccc1N1CCOCC1)Nc1cccc(-c2cnc(NCCCN3CCCCC3)nc2)c1. The van der Waals surface area contributed by atoms with Gasteiger partial charge < -0.3 is 30.5 Å². The van der Waals surface area contributed by atoms with Crippen LogP contribution in [0, 0.1) is 0 Å². The molecule has 3 heterocycles. The molecule has 2 aliphatic rings. The van der Waals surface area contributed by atoms with Crippen LogP contribution in [0.2, 0.25) is 0 Å². The summed E-state index contributed by atoms with van der Waals surface area (Å²) in [5, 5.41) is 9.28. The van der Waals surface area contributed by atoms with Gasteiger partial charge in [0, 0.05) is 55.5 Å². The Morgan fingerprint density at radius 1 is 0.897 bits per heavy atom. The quantitative estimate of drug-likeness (QED) is 0.331. The Morgan fingerprint density at radius 2 is 1.69 bits per heavy atom. The molecule has 1 aromatic heterocycles. The molecule has 39 heavy (non-hydrogen) atoms. The summed E-state index contributed by atoms with van der Waals surface area (Å²) in [6.07, 6.45) is 8.74. The molecule has 9 nitrogen and oxygen atoms in total. The van der Waals surface area contributed by atoms with Crippen molar-refractivity contribution in [1.29, 1.82) is 0 Å². The van der Waals surface area contributed by atoms with Crippen LogP contribution in [0.15, 0.2) is 60.9 Å². The normalized spacial score (nSPS) is 16.1. The first-order valence-electron chi connectivity index (χ1n) is 14.1. The number of urea groups is 1. The van der Waals surface area contributed by atoms with Gasteiger partial charge in [-0.3, -0.25) is 0 Å². The second kappa shape index (κ2) is 13.9. The second-order valence-electron chi connectivity index (χ2n) is 10.1. The lowest BCUT2D eigenvalue weighted by molar-refractivity contribution is 0.122. The maximum atomic E-state index is 12.7. The minimum Gasteiger partial charge on any atom is -0.378 e. The Hall–Kier alpha value is -3.69. The maximum Gasteiger partial charge on any atom is 0.319 e. The van der Waals surface area contributed by atoms with Crippen molar-refractivity contribution in [3.05, 3.63) is 66.5 Å². The van der Waals surface area contributed by atoms with Gasteiger partial charge in [0.2, 0.25) is 5.95 Å². The van der Waals surface area contributed by atoms with Crippen molar-refractivity contribution < 1.29 is 9.53 Å². The molecule has 3 N–H and O–H groups in total. The molecule has 2 aliphatic heterocycles. The number of nitrogens with one attached hydrogen (secondary N) is 3. The van der Waals surface area contributed by atoms with E-state index in [0.29, 0.717) is 18.2 Å². The Balaban J connectivity index is 1.10. The Morgan fingerprint density at radius 3 is 2.51 bits per heavy atom. The van der Waals surface area contributed by atoms with Crippen LogP contribution in [-0.4, -0.2) is 73.4 Å². The summed E-state index contributed by atoms with van der Waals surface area (Å²) < 4.78 is 5.48. The number of piperidine rings is 1. The van der Waals surface area contributed by atoms with Gasteiger partial charge in [-0.2, -0.15) is 0 Å². The summed E-state index contributed by atoms with van der Waals surface area (Å²) >= 11 is 0. The van der Waals surface area contributed by atoms with Crippen molar-refractivity contribution in [3.63, 3.8) is 0 Å². The number of morpholine rings is 1. The van der Waals surface area contributed by atoms with Crippen LogP contribution in [0.3, 0.4) is 0 Å². The molecule has 206 valence electrons. The molecule has 0 bridgehead atoms. The van der Waals surface area contributed by atoms with Gasteiger partial charge in [0.05, 0.1) is 13.2 Å². The molecular weight excluding hydrogens is 490 g/mol. The lowest BCUT2D eigenvalue weighted by Crippen LogP contribution is -2.37. The fourth-order valence-corrected chi connectivity index (χ4v) is 5.15. The summed E-state index contributed by atoms with van der Waals surface area (Å²) in [5.41, 5.74) is 4.79. The van der Waals surface area contributed by atoms with E-state index < -0.39 is 0 Å². The van der Waals surface area contributed by atoms with Crippen LogP contribution in [0.5, 0.6) is 0 Å². The molecule has 0 unspecified atom stereocenters. The third-order valence-corrected chi connectivity index (χ3v) is 7.27. The highest BCUT2D eigenvalue weighted by Crippen LogP contribution is 2.23. The molecule has 2 fully saturated rings. The Kier molecular flexibility index (Phi) is 9.60. The van der Waals surface area contributed by atoms with Gasteiger partial charge in [-0.15, -0.1) is 0 Å². The topological polar surface area (TPSA) is 94.7 Å². The van der Waals surface area contributed by atoms with Gasteiger partial charge in [0.1, 0.15) is 0 Å². The van der Waals surface area contributed by atoms with E-state index in [9.17, 15) is 4.79 Å². The molecule has 0 aliphatic carbocycles. The third kappa shape index (κ3) is 7.91. The summed E-state index contributed by atoms with van der Waals surface area (Å²) in [6, 6.07) is 15.7. The van der Waals surface area contributed by atoms with E-state index in [2.05, 4.69) is 47.9 Å². The van der Waals surface area contributed by atoms with E-state index in [1.807, 2.05) is 48.8 Å². The number of nitrogens with zero attached hydrogens (tertiary/aromatic N) is 4. The first kappa shape index (κ1) is 26.9. The van der Waals surface area contributed by atoms with Gasteiger partial charge in [-0.25, -0.2) is 14.8 Å². The number of para-hydroxylation sites is 1. The number of anilines is 3. The smallest absolute Gasteiger partial charge is 0.319 e. The monoisotopic (exact) mass is 529 g/mol. The van der Waals surface area contributed by atoms with Gasteiger partial charge in [-0.1, -0.05) is 36.8 Å². The van der Waals surface area contributed by atoms with Crippen LogP contribution in [0.25, 0.3) is 11.1 Å². The van der Waals surface area contributed by atoms with Crippen LogP contribution in [0.4, 0.5) is 22.1 Å². The predicted molar refractivity (Wildman–Crippen MR) is 156 cm³/mol. The van der Waals surface area contributed by atoms with E-state index in [1.54, 1.807) is 0 Å². The average molecular weight is 530 g/mol. The van der Waals surface area contributed by atoms with Crippen molar-refractivity contribution >= 4 is 23.4 Å². The number of benzene rings is 2. The zero-order valence-corrected chi connectivity index (χ0v) is 22.6. The van der Waals surface area contributed by atoms with Crippen LogP contribution < -0.4 is 20.9 Å². The zero-order chi connectivity index (χ0) is 26.7. The third-order valence-electron chi connectivity index (χ3n) is 7.27. The molecule has 2 amide bonds. The first-order chi connectivity index (χ1) is 19.2. The number of hydrogen-bond donors (Lipinski definition) is 3. The fraction of sp³-hybridized carbons (Fsp3) is 0.433.